The maximum absolute atomic E-state index is 13.2. The maximum atomic E-state index is 13.2. The first-order valence-corrected chi connectivity index (χ1v) is 9.56. The van der Waals surface area contributed by atoms with E-state index in [1.54, 1.807) is 11.9 Å². The highest BCUT2D eigenvalue weighted by Crippen LogP contribution is 2.30. The summed E-state index contributed by atoms with van der Waals surface area (Å²) in [7, 11) is 1.58. The Morgan fingerprint density at radius 2 is 2.23 bits per heavy atom. The van der Waals surface area contributed by atoms with Crippen molar-refractivity contribution in [3.63, 3.8) is 0 Å². The van der Waals surface area contributed by atoms with E-state index < -0.39 is 0 Å². The van der Waals surface area contributed by atoms with Crippen LogP contribution in [-0.2, 0) is 14.3 Å². The number of para-hydroxylation sites is 1. The second-order valence-corrected chi connectivity index (χ2v) is 7.49. The molecule has 1 saturated heterocycles. The van der Waals surface area contributed by atoms with E-state index in [9.17, 15) is 9.59 Å². The first-order valence-electron chi connectivity index (χ1n) is 8.75. The molecule has 8 heteroatoms. The molecule has 2 aliphatic heterocycles. The summed E-state index contributed by atoms with van der Waals surface area (Å²) in [6.45, 7) is 1.18. The van der Waals surface area contributed by atoms with Gasteiger partial charge in [0.1, 0.15) is 5.71 Å². The molecule has 0 spiro atoms. The minimum Gasteiger partial charge on any atom is -0.376 e. The van der Waals surface area contributed by atoms with Crippen LogP contribution in [0.5, 0.6) is 0 Å². The molecule has 0 aliphatic carbocycles. The second kappa shape index (κ2) is 7.13. The molecule has 3 heterocycles. The van der Waals surface area contributed by atoms with Gasteiger partial charge < -0.3 is 4.74 Å². The molecule has 136 valence electrons. The number of benzene rings is 1. The predicted octanol–water partition coefficient (Wildman–Crippen LogP) is 2.42. The molecule has 2 aromatic rings. The van der Waals surface area contributed by atoms with Crippen LogP contribution in [0.4, 0.5) is 5.13 Å². The quantitative estimate of drug-likeness (QED) is 0.826. The Hall–Kier alpha value is -2.32. The van der Waals surface area contributed by atoms with Gasteiger partial charge in [-0.15, -0.1) is 0 Å². The highest BCUT2D eigenvalue weighted by molar-refractivity contribution is 7.22. The first kappa shape index (κ1) is 17.1. The van der Waals surface area contributed by atoms with Crippen LogP contribution in [0.15, 0.2) is 29.4 Å². The molecule has 2 aliphatic rings. The lowest BCUT2D eigenvalue weighted by molar-refractivity contribution is -0.130. The summed E-state index contributed by atoms with van der Waals surface area (Å²) >= 11 is 1.49. The summed E-state index contributed by atoms with van der Waals surface area (Å²) in [6.07, 6.45) is 2.60. The van der Waals surface area contributed by atoms with Crippen LogP contribution < -0.4 is 4.90 Å². The molecule has 0 saturated carbocycles. The number of anilines is 1. The number of hydrogen-bond acceptors (Lipinski definition) is 6. The van der Waals surface area contributed by atoms with Crippen LogP contribution >= 0.6 is 11.3 Å². The van der Waals surface area contributed by atoms with Crippen molar-refractivity contribution in [3.05, 3.63) is 24.3 Å². The van der Waals surface area contributed by atoms with E-state index in [1.165, 1.54) is 16.3 Å². The summed E-state index contributed by atoms with van der Waals surface area (Å²) in [6, 6.07) is 7.83. The van der Waals surface area contributed by atoms with Gasteiger partial charge >= 0.3 is 0 Å². The molecule has 1 atom stereocenters. The van der Waals surface area contributed by atoms with Crippen LogP contribution in [0, 0.1) is 0 Å². The number of rotatable bonds is 4. The van der Waals surface area contributed by atoms with Crippen molar-refractivity contribution < 1.29 is 14.3 Å². The molecule has 0 N–H and O–H groups in total. The Bertz CT molecular complexity index is 839. The number of hydrogen-bond donors (Lipinski definition) is 0. The molecule has 2 amide bonds. The number of fused-ring (bicyclic) bond motifs is 1. The lowest BCUT2D eigenvalue weighted by atomic mass is 10.1. The van der Waals surface area contributed by atoms with Gasteiger partial charge in [-0.3, -0.25) is 14.5 Å². The molecule has 1 fully saturated rings. The summed E-state index contributed by atoms with van der Waals surface area (Å²) in [4.78, 5) is 31.2. The fraction of sp³-hybridized carbons (Fsp3) is 0.444. The third-order valence-electron chi connectivity index (χ3n) is 4.62. The van der Waals surface area contributed by atoms with Gasteiger partial charge in [0, 0.05) is 26.5 Å². The van der Waals surface area contributed by atoms with Gasteiger partial charge in [0.25, 0.3) is 5.91 Å². The maximum Gasteiger partial charge on any atom is 0.276 e. The second-order valence-electron chi connectivity index (χ2n) is 6.48. The fourth-order valence-electron chi connectivity index (χ4n) is 3.19. The summed E-state index contributed by atoms with van der Waals surface area (Å²) in [5, 5.41) is 6.08. The van der Waals surface area contributed by atoms with E-state index in [4.69, 9.17) is 4.74 Å². The van der Waals surface area contributed by atoms with Crippen molar-refractivity contribution in [2.45, 2.75) is 31.8 Å². The third-order valence-corrected chi connectivity index (χ3v) is 5.68. The monoisotopic (exact) mass is 372 g/mol. The summed E-state index contributed by atoms with van der Waals surface area (Å²) in [5.41, 5.74) is 1.26. The van der Waals surface area contributed by atoms with Gasteiger partial charge in [-0.05, 0) is 25.0 Å². The molecule has 0 unspecified atom stereocenters. The number of carbonyl (C=O) groups is 2. The normalized spacial score (nSPS) is 20.5. The predicted molar refractivity (Wildman–Crippen MR) is 100 cm³/mol. The van der Waals surface area contributed by atoms with Gasteiger partial charge in [0.05, 0.1) is 22.9 Å². The smallest absolute Gasteiger partial charge is 0.276 e. The largest absolute Gasteiger partial charge is 0.376 e. The first-order chi connectivity index (χ1) is 12.6. The average Bonchev–Trinajstić information content (AvgIpc) is 3.30. The molecule has 0 radical (unpaired) electrons. The number of aromatic nitrogens is 1. The molecule has 1 aromatic carbocycles. The topological polar surface area (TPSA) is 75.1 Å². The number of hydrazone groups is 1. The zero-order valence-corrected chi connectivity index (χ0v) is 15.4. The minimum atomic E-state index is -0.195. The van der Waals surface area contributed by atoms with Crippen molar-refractivity contribution in [3.8, 4) is 0 Å². The van der Waals surface area contributed by atoms with Crippen LogP contribution in [0.1, 0.15) is 25.7 Å². The van der Waals surface area contributed by atoms with E-state index in [0.29, 0.717) is 30.2 Å². The standard InChI is InChI=1S/C18H20N4O3S/c1-21-16(23)9-8-14(20-21)17(24)22(11-12-5-4-10-25-12)18-19-13-6-2-3-7-15(13)26-18/h2-3,6-7,12H,4-5,8-11H2,1H3/t12-/m0/s1. The van der Waals surface area contributed by atoms with Crippen molar-refractivity contribution in [2.24, 2.45) is 5.10 Å². The Morgan fingerprint density at radius 3 is 2.96 bits per heavy atom. The molecule has 26 heavy (non-hydrogen) atoms. The zero-order valence-electron chi connectivity index (χ0n) is 14.6. The Balaban J connectivity index is 1.66. The molecule has 4 rings (SSSR count). The molecule has 1 aromatic heterocycles. The highest BCUT2D eigenvalue weighted by atomic mass is 32.1. The van der Waals surface area contributed by atoms with E-state index in [2.05, 4.69) is 10.1 Å². The van der Waals surface area contributed by atoms with Crippen LogP contribution in [0.3, 0.4) is 0 Å². The van der Waals surface area contributed by atoms with Gasteiger partial charge in [-0.1, -0.05) is 23.5 Å². The lowest BCUT2D eigenvalue weighted by Crippen LogP contribution is -2.44. The van der Waals surface area contributed by atoms with E-state index in [0.717, 1.165) is 29.7 Å². The van der Waals surface area contributed by atoms with Crippen LogP contribution in [0.2, 0.25) is 0 Å². The molecule has 0 bridgehead atoms. The average molecular weight is 372 g/mol. The van der Waals surface area contributed by atoms with Gasteiger partial charge in [0.2, 0.25) is 5.91 Å². The Morgan fingerprint density at radius 1 is 1.38 bits per heavy atom. The van der Waals surface area contributed by atoms with E-state index >= 15 is 0 Å². The number of thiazole rings is 1. The number of nitrogens with zero attached hydrogens (tertiary/aromatic N) is 4. The van der Waals surface area contributed by atoms with Crippen molar-refractivity contribution >= 4 is 44.2 Å². The lowest BCUT2D eigenvalue weighted by Gasteiger charge is -2.26. The number of ether oxygens (including phenoxy) is 1. The SMILES string of the molecule is CN1N=C(C(=O)N(C[C@@H]2CCCO2)c2nc3ccccc3s2)CCC1=O. The van der Waals surface area contributed by atoms with Crippen LogP contribution in [-0.4, -0.2) is 53.8 Å². The zero-order chi connectivity index (χ0) is 18.1. The van der Waals surface area contributed by atoms with Gasteiger partial charge in [0.15, 0.2) is 5.13 Å². The Kier molecular flexibility index (Phi) is 4.69. The summed E-state index contributed by atoms with van der Waals surface area (Å²) < 4.78 is 6.77. The highest BCUT2D eigenvalue weighted by Gasteiger charge is 2.31. The molecular weight excluding hydrogens is 352 g/mol. The Labute approximate surface area is 155 Å². The van der Waals surface area contributed by atoms with E-state index in [1.807, 2.05) is 24.3 Å². The molecule has 7 nitrogen and oxygen atoms in total. The number of amides is 2. The van der Waals surface area contributed by atoms with Crippen molar-refractivity contribution in [2.75, 3.05) is 25.1 Å². The van der Waals surface area contributed by atoms with Gasteiger partial charge in [-0.25, -0.2) is 9.99 Å². The summed E-state index contributed by atoms with van der Waals surface area (Å²) in [5.74, 6) is -0.272. The molecular formula is C18H20N4O3S. The van der Waals surface area contributed by atoms with E-state index in [-0.39, 0.29) is 17.9 Å². The third kappa shape index (κ3) is 3.34. The van der Waals surface area contributed by atoms with Gasteiger partial charge in [-0.2, -0.15) is 5.10 Å². The fourth-order valence-corrected chi connectivity index (χ4v) is 4.17. The van der Waals surface area contributed by atoms with Crippen molar-refractivity contribution in [1.29, 1.82) is 0 Å². The minimum absolute atomic E-state index is 0.00881. The van der Waals surface area contributed by atoms with Crippen LogP contribution in [0.25, 0.3) is 10.2 Å². The number of carbonyl (C=O) groups excluding carboxylic acids is 2. The van der Waals surface area contributed by atoms with Crippen molar-refractivity contribution in [1.82, 2.24) is 9.99 Å².